The minimum atomic E-state index is -3.26. The first kappa shape index (κ1) is 21.2. The lowest BCUT2D eigenvalue weighted by molar-refractivity contribution is 0.104. The summed E-state index contributed by atoms with van der Waals surface area (Å²) in [5.74, 6) is 0.405. The molecular weight excluding hydrogens is 382 g/mol. The summed E-state index contributed by atoms with van der Waals surface area (Å²) in [5.41, 5.74) is 2.48. The average molecular weight is 406 g/mol. The van der Waals surface area contributed by atoms with Crippen molar-refractivity contribution in [2.45, 2.75) is 18.2 Å². The van der Waals surface area contributed by atoms with Gasteiger partial charge in [0.2, 0.25) is 0 Å². The van der Waals surface area contributed by atoms with Crippen molar-refractivity contribution in [3.63, 3.8) is 0 Å². The second kappa shape index (κ2) is 9.72. The molecule has 0 aliphatic heterocycles. The van der Waals surface area contributed by atoms with Gasteiger partial charge in [0.05, 0.1) is 4.90 Å². The highest BCUT2D eigenvalue weighted by Gasteiger charge is 2.08. The smallest absolute Gasteiger partial charge is 0.185 e. The second-order valence-electron chi connectivity index (χ2n) is 6.26. The van der Waals surface area contributed by atoms with Crippen LogP contribution in [0.3, 0.4) is 0 Å². The molecule has 27 heavy (non-hydrogen) atoms. The second-order valence-corrected chi connectivity index (χ2v) is 8.66. The molecule has 0 aliphatic rings. The van der Waals surface area contributed by atoms with Crippen molar-refractivity contribution in [2.24, 2.45) is 0 Å². The highest BCUT2D eigenvalue weighted by atomic mass is 35.5. The van der Waals surface area contributed by atoms with Gasteiger partial charge >= 0.3 is 0 Å². The summed E-state index contributed by atoms with van der Waals surface area (Å²) in [6.45, 7) is 3.88. The van der Waals surface area contributed by atoms with E-state index in [1.807, 2.05) is 24.3 Å². The van der Waals surface area contributed by atoms with Crippen molar-refractivity contribution >= 4 is 39.0 Å². The lowest BCUT2D eigenvalue weighted by Crippen LogP contribution is -2.26. The lowest BCUT2D eigenvalue weighted by atomic mass is 10.1. The molecule has 2 aromatic carbocycles. The van der Waals surface area contributed by atoms with Crippen molar-refractivity contribution in [3.8, 4) is 0 Å². The van der Waals surface area contributed by atoms with Crippen LogP contribution < -0.4 is 4.90 Å². The number of rotatable bonds is 9. The minimum absolute atomic E-state index is 0.172. The topological polar surface area (TPSA) is 54.5 Å². The van der Waals surface area contributed by atoms with E-state index in [0.717, 1.165) is 37.0 Å². The first-order valence-electron chi connectivity index (χ1n) is 8.78. The molecule has 0 amide bonds. The fraction of sp³-hybridized carbons (Fsp3) is 0.286. The number of alkyl halides is 1. The van der Waals surface area contributed by atoms with Crippen LogP contribution in [0.5, 0.6) is 0 Å². The molecule has 0 unspecified atom stereocenters. The fourth-order valence-electron chi connectivity index (χ4n) is 2.67. The number of allylic oxidation sites excluding steroid dienone is 1. The summed E-state index contributed by atoms with van der Waals surface area (Å²) < 4.78 is 22.9. The Morgan fingerprint density at radius 3 is 2.19 bits per heavy atom. The zero-order valence-electron chi connectivity index (χ0n) is 15.6. The number of ketones is 1. The van der Waals surface area contributed by atoms with E-state index in [2.05, 4.69) is 11.8 Å². The lowest BCUT2D eigenvalue weighted by Gasteiger charge is -2.23. The zero-order valence-corrected chi connectivity index (χ0v) is 17.1. The number of hydrogen-bond donors (Lipinski definition) is 0. The van der Waals surface area contributed by atoms with Gasteiger partial charge in [-0.25, -0.2) is 8.42 Å². The van der Waals surface area contributed by atoms with Gasteiger partial charge in [-0.15, -0.1) is 11.6 Å². The van der Waals surface area contributed by atoms with Crippen molar-refractivity contribution < 1.29 is 13.2 Å². The number of carbonyl (C=O) groups excluding carboxylic acids is 1. The van der Waals surface area contributed by atoms with Gasteiger partial charge in [-0.3, -0.25) is 4.79 Å². The summed E-state index contributed by atoms with van der Waals surface area (Å²) in [5, 5.41) is 0. The molecule has 0 bridgehead atoms. The van der Waals surface area contributed by atoms with E-state index in [0.29, 0.717) is 11.4 Å². The summed E-state index contributed by atoms with van der Waals surface area (Å²) in [7, 11) is -3.26. The number of nitrogens with zero attached hydrogens (tertiary/aromatic N) is 1. The third-order valence-electron chi connectivity index (χ3n) is 4.10. The number of benzene rings is 2. The van der Waals surface area contributed by atoms with Gasteiger partial charge < -0.3 is 4.90 Å². The van der Waals surface area contributed by atoms with E-state index in [1.165, 1.54) is 30.3 Å². The molecular formula is C21H24ClNO3S. The number of sulfone groups is 1. The third-order valence-corrected chi connectivity index (χ3v) is 5.40. The Bertz CT molecular complexity index is 882. The first-order valence-corrected chi connectivity index (χ1v) is 11.2. The highest BCUT2D eigenvalue weighted by Crippen LogP contribution is 2.17. The van der Waals surface area contributed by atoms with Crippen molar-refractivity contribution in [2.75, 3.05) is 30.1 Å². The molecule has 0 aromatic heterocycles. The van der Waals surface area contributed by atoms with Crippen molar-refractivity contribution in [3.05, 3.63) is 65.7 Å². The normalized spacial score (nSPS) is 11.7. The Kier molecular flexibility index (Phi) is 7.63. The monoisotopic (exact) mass is 405 g/mol. The van der Waals surface area contributed by atoms with Crippen LogP contribution in [0.15, 0.2) is 59.5 Å². The van der Waals surface area contributed by atoms with Gasteiger partial charge in [-0.2, -0.15) is 0 Å². The number of carbonyl (C=O) groups is 1. The SMILES string of the molecule is CCCN(CCCl)c1ccc(/C=C/C(=O)c2ccc(S(C)(=O)=O)cc2)cc1. The zero-order chi connectivity index (χ0) is 19.9. The fourth-order valence-corrected chi connectivity index (χ4v) is 3.51. The molecule has 0 heterocycles. The van der Waals surface area contributed by atoms with Crippen LogP contribution in [0.1, 0.15) is 29.3 Å². The van der Waals surface area contributed by atoms with E-state index in [9.17, 15) is 13.2 Å². The molecule has 0 N–H and O–H groups in total. The van der Waals surface area contributed by atoms with Gasteiger partial charge in [-0.05, 0) is 54.5 Å². The predicted octanol–water partition coefficient (Wildman–Crippen LogP) is 4.44. The first-order chi connectivity index (χ1) is 12.8. The van der Waals surface area contributed by atoms with Crippen LogP contribution in [0.4, 0.5) is 5.69 Å². The van der Waals surface area contributed by atoms with Gasteiger partial charge in [0, 0.05) is 36.5 Å². The van der Waals surface area contributed by atoms with Gasteiger partial charge in [-0.1, -0.05) is 25.1 Å². The minimum Gasteiger partial charge on any atom is -0.370 e. The Balaban J connectivity index is 2.07. The van der Waals surface area contributed by atoms with Gasteiger partial charge in [0.25, 0.3) is 0 Å². The molecule has 6 heteroatoms. The molecule has 0 aliphatic carbocycles. The molecule has 0 atom stereocenters. The predicted molar refractivity (Wildman–Crippen MR) is 113 cm³/mol. The van der Waals surface area contributed by atoms with Crippen molar-refractivity contribution in [1.82, 2.24) is 0 Å². The molecule has 2 rings (SSSR count). The van der Waals surface area contributed by atoms with Gasteiger partial charge in [0.15, 0.2) is 15.6 Å². The van der Waals surface area contributed by atoms with E-state index in [1.54, 1.807) is 6.08 Å². The largest absolute Gasteiger partial charge is 0.370 e. The third kappa shape index (κ3) is 6.22. The Hall–Kier alpha value is -2.11. The van der Waals surface area contributed by atoms with E-state index >= 15 is 0 Å². The summed E-state index contributed by atoms with van der Waals surface area (Å²) in [6.07, 6.45) is 5.43. The number of hydrogen-bond acceptors (Lipinski definition) is 4. The maximum absolute atomic E-state index is 12.3. The molecule has 2 aromatic rings. The summed E-state index contributed by atoms with van der Waals surface area (Å²) >= 11 is 5.87. The van der Waals surface area contributed by atoms with E-state index in [-0.39, 0.29) is 10.7 Å². The van der Waals surface area contributed by atoms with E-state index < -0.39 is 9.84 Å². The van der Waals surface area contributed by atoms with Gasteiger partial charge in [0.1, 0.15) is 0 Å². The molecule has 0 saturated heterocycles. The van der Waals surface area contributed by atoms with Crippen LogP contribution >= 0.6 is 11.6 Å². The molecule has 144 valence electrons. The van der Waals surface area contributed by atoms with Crippen LogP contribution in [0.2, 0.25) is 0 Å². The van der Waals surface area contributed by atoms with Crippen LogP contribution in [-0.4, -0.2) is 39.4 Å². The molecule has 0 spiro atoms. The van der Waals surface area contributed by atoms with E-state index in [4.69, 9.17) is 11.6 Å². The van der Waals surface area contributed by atoms with Crippen LogP contribution in [0, 0.1) is 0 Å². The highest BCUT2D eigenvalue weighted by molar-refractivity contribution is 7.90. The molecule has 0 radical (unpaired) electrons. The molecule has 0 saturated carbocycles. The maximum Gasteiger partial charge on any atom is 0.185 e. The molecule has 4 nitrogen and oxygen atoms in total. The number of anilines is 1. The quantitative estimate of drug-likeness (QED) is 0.351. The Morgan fingerprint density at radius 1 is 1.04 bits per heavy atom. The average Bonchev–Trinajstić information content (AvgIpc) is 2.66. The maximum atomic E-state index is 12.3. The molecule has 0 fully saturated rings. The summed E-state index contributed by atoms with van der Waals surface area (Å²) in [6, 6.07) is 13.9. The van der Waals surface area contributed by atoms with Crippen LogP contribution in [-0.2, 0) is 9.84 Å². The Labute approximate surface area is 166 Å². The van der Waals surface area contributed by atoms with Crippen LogP contribution in [0.25, 0.3) is 6.08 Å². The number of halogens is 1. The summed E-state index contributed by atoms with van der Waals surface area (Å²) in [4.78, 5) is 14.7. The standard InChI is InChI=1S/C21H24ClNO3S/c1-3-15-23(16-14-22)19-9-4-17(5-10-19)6-13-21(24)18-7-11-20(12-8-18)27(2,25)26/h4-13H,3,14-16H2,1-2H3/b13-6+. The Morgan fingerprint density at radius 2 is 1.67 bits per heavy atom. The van der Waals surface area contributed by atoms with Crippen molar-refractivity contribution in [1.29, 1.82) is 0 Å².